The molecule has 176 valence electrons. The van der Waals surface area contributed by atoms with E-state index in [-0.39, 0.29) is 23.6 Å². The van der Waals surface area contributed by atoms with E-state index in [4.69, 9.17) is 4.74 Å². The van der Waals surface area contributed by atoms with Crippen molar-refractivity contribution in [2.24, 2.45) is 11.8 Å². The second-order valence-corrected chi connectivity index (χ2v) is 8.61. The van der Waals surface area contributed by atoms with Crippen LogP contribution in [0.1, 0.15) is 28.8 Å². The fourth-order valence-corrected chi connectivity index (χ4v) is 4.21. The maximum atomic E-state index is 13.0. The van der Waals surface area contributed by atoms with Crippen molar-refractivity contribution in [2.45, 2.75) is 19.8 Å². The molecule has 8 nitrogen and oxygen atoms in total. The van der Waals surface area contributed by atoms with Gasteiger partial charge in [0.25, 0.3) is 5.91 Å². The van der Waals surface area contributed by atoms with Crippen LogP contribution in [0.5, 0.6) is 11.6 Å². The summed E-state index contributed by atoms with van der Waals surface area (Å²) in [5, 5.41) is 4.04. The predicted octanol–water partition coefficient (Wildman–Crippen LogP) is 4.39. The molecule has 2 aromatic carbocycles. The molecular weight excluding hydrogens is 444 g/mol. The van der Waals surface area contributed by atoms with E-state index in [2.05, 4.69) is 15.7 Å². The van der Waals surface area contributed by atoms with Gasteiger partial charge in [0.15, 0.2) is 0 Å². The highest BCUT2D eigenvalue weighted by Crippen LogP contribution is 2.32. The molecule has 8 heteroatoms. The first-order valence-corrected chi connectivity index (χ1v) is 11.4. The van der Waals surface area contributed by atoms with E-state index in [0.717, 1.165) is 5.56 Å². The summed E-state index contributed by atoms with van der Waals surface area (Å²) in [5.74, 6) is -0.387. The number of pyridine rings is 1. The van der Waals surface area contributed by atoms with E-state index < -0.39 is 5.92 Å². The standard InChI is InChI=1S/C27H24N4O4/c1-17-9-12-21(13-10-17)35-24-14-11-19(16-28-24)29-25(32)18-5-4-6-20(15-18)31-27(34)23-8-3-2-7-22(23)26(33)30-31/h2-6,9-16,22-23H,7-8H2,1H3,(H,29,32)(H,30,33). The number of hydrazine groups is 1. The number of ether oxygens (including phenoxy) is 1. The number of carbonyl (C=O) groups is 3. The Morgan fingerprint density at radius 3 is 2.54 bits per heavy atom. The molecule has 1 aromatic heterocycles. The van der Waals surface area contributed by atoms with Gasteiger partial charge in [-0.05, 0) is 56.2 Å². The number of hydrogen-bond acceptors (Lipinski definition) is 5. The van der Waals surface area contributed by atoms with E-state index in [0.29, 0.717) is 41.4 Å². The maximum Gasteiger partial charge on any atom is 0.255 e. The van der Waals surface area contributed by atoms with E-state index in [1.54, 1.807) is 36.4 Å². The summed E-state index contributed by atoms with van der Waals surface area (Å²) in [4.78, 5) is 42.7. The topological polar surface area (TPSA) is 101 Å². The van der Waals surface area contributed by atoms with Gasteiger partial charge in [-0.15, -0.1) is 0 Å². The molecule has 1 fully saturated rings. The summed E-state index contributed by atoms with van der Waals surface area (Å²) in [6.45, 7) is 2.00. The zero-order valence-electron chi connectivity index (χ0n) is 19.1. The quantitative estimate of drug-likeness (QED) is 0.541. The van der Waals surface area contributed by atoms with Crippen molar-refractivity contribution in [3.63, 3.8) is 0 Å². The van der Waals surface area contributed by atoms with Gasteiger partial charge in [-0.25, -0.2) is 9.99 Å². The van der Waals surface area contributed by atoms with Crippen LogP contribution in [-0.2, 0) is 9.59 Å². The zero-order valence-corrected chi connectivity index (χ0v) is 19.1. The number of nitrogens with one attached hydrogen (secondary N) is 2. The van der Waals surface area contributed by atoms with Crippen molar-refractivity contribution in [3.05, 3.63) is 90.1 Å². The van der Waals surface area contributed by atoms with Crippen LogP contribution in [0, 0.1) is 18.8 Å². The zero-order chi connectivity index (χ0) is 24.4. The lowest BCUT2D eigenvalue weighted by atomic mass is 9.80. The Morgan fingerprint density at radius 1 is 1.03 bits per heavy atom. The number of aromatic nitrogens is 1. The first kappa shape index (κ1) is 22.3. The average Bonchev–Trinajstić information content (AvgIpc) is 2.89. The normalized spacial score (nSPS) is 19.1. The first-order valence-electron chi connectivity index (χ1n) is 11.4. The summed E-state index contributed by atoms with van der Waals surface area (Å²) in [6.07, 6.45) is 6.47. The van der Waals surface area contributed by atoms with Gasteiger partial charge in [-0.2, -0.15) is 0 Å². The molecule has 0 radical (unpaired) electrons. The van der Waals surface area contributed by atoms with Crippen LogP contribution >= 0.6 is 0 Å². The highest BCUT2D eigenvalue weighted by Gasteiger charge is 2.42. The van der Waals surface area contributed by atoms with Crippen LogP contribution < -0.4 is 20.5 Å². The first-order chi connectivity index (χ1) is 17.0. The molecule has 2 aliphatic rings. The third kappa shape index (κ3) is 4.77. The van der Waals surface area contributed by atoms with Gasteiger partial charge in [0.05, 0.1) is 29.4 Å². The number of aryl methyl sites for hydroxylation is 1. The van der Waals surface area contributed by atoms with Gasteiger partial charge in [0.2, 0.25) is 17.7 Å². The molecule has 1 aliphatic heterocycles. The predicted molar refractivity (Wildman–Crippen MR) is 131 cm³/mol. The Hall–Kier alpha value is -4.46. The van der Waals surface area contributed by atoms with Crippen molar-refractivity contribution in [2.75, 3.05) is 10.3 Å². The Kier molecular flexibility index (Phi) is 6.01. The molecule has 3 aromatic rings. The maximum absolute atomic E-state index is 13.0. The lowest BCUT2D eigenvalue weighted by Gasteiger charge is -2.38. The van der Waals surface area contributed by atoms with Crippen molar-refractivity contribution >= 4 is 29.1 Å². The number of benzene rings is 2. The van der Waals surface area contributed by atoms with Gasteiger partial charge in [0, 0.05) is 11.6 Å². The van der Waals surface area contributed by atoms with Crippen molar-refractivity contribution in [1.82, 2.24) is 10.4 Å². The monoisotopic (exact) mass is 468 g/mol. The van der Waals surface area contributed by atoms with Gasteiger partial charge in [-0.1, -0.05) is 35.9 Å². The molecule has 35 heavy (non-hydrogen) atoms. The van der Waals surface area contributed by atoms with Gasteiger partial charge >= 0.3 is 0 Å². The van der Waals surface area contributed by atoms with Gasteiger partial charge in [-0.3, -0.25) is 19.8 Å². The number of carbonyl (C=O) groups excluding carboxylic acids is 3. The number of amides is 3. The molecular formula is C27H24N4O4. The van der Waals surface area contributed by atoms with Crippen LogP contribution in [-0.4, -0.2) is 22.7 Å². The second kappa shape index (κ2) is 9.42. The molecule has 0 bridgehead atoms. The fourth-order valence-electron chi connectivity index (χ4n) is 4.21. The second-order valence-electron chi connectivity index (χ2n) is 8.61. The van der Waals surface area contributed by atoms with Crippen LogP contribution in [0.15, 0.2) is 79.0 Å². The highest BCUT2D eigenvalue weighted by atomic mass is 16.5. The van der Waals surface area contributed by atoms with Gasteiger partial charge < -0.3 is 10.1 Å². The van der Waals surface area contributed by atoms with Crippen LogP contribution in [0.25, 0.3) is 0 Å². The van der Waals surface area contributed by atoms with Crippen molar-refractivity contribution in [1.29, 1.82) is 0 Å². The summed E-state index contributed by atoms with van der Waals surface area (Å²) in [5.41, 5.74) is 5.09. The minimum absolute atomic E-state index is 0.176. The average molecular weight is 469 g/mol. The lowest BCUT2D eigenvalue weighted by Crippen LogP contribution is -2.59. The number of hydrogen-bond donors (Lipinski definition) is 2. The van der Waals surface area contributed by atoms with E-state index >= 15 is 0 Å². The summed E-state index contributed by atoms with van der Waals surface area (Å²) in [6, 6.07) is 17.6. The third-order valence-corrected chi connectivity index (χ3v) is 6.13. The van der Waals surface area contributed by atoms with Crippen molar-refractivity contribution < 1.29 is 19.1 Å². The highest BCUT2D eigenvalue weighted by molar-refractivity contribution is 6.07. The summed E-state index contributed by atoms with van der Waals surface area (Å²) < 4.78 is 5.72. The smallest absolute Gasteiger partial charge is 0.255 e. The van der Waals surface area contributed by atoms with E-state index in [1.807, 2.05) is 43.3 Å². The van der Waals surface area contributed by atoms with Crippen molar-refractivity contribution in [3.8, 4) is 11.6 Å². The molecule has 0 spiro atoms. The van der Waals surface area contributed by atoms with Crippen LogP contribution in [0.2, 0.25) is 0 Å². The Balaban J connectivity index is 1.27. The molecule has 0 saturated carbocycles. The molecule has 2 N–H and O–H groups in total. The molecule has 2 unspecified atom stereocenters. The molecule has 3 amide bonds. The number of nitrogens with zero attached hydrogens (tertiary/aromatic N) is 2. The SMILES string of the molecule is Cc1ccc(Oc2ccc(NC(=O)c3cccc(N4NC(=O)C5CC=CCC5C4=O)c3)cn2)cc1. The van der Waals surface area contributed by atoms with Crippen LogP contribution in [0.3, 0.4) is 0 Å². The minimum atomic E-state index is -0.391. The lowest BCUT2D eigenvalue weighted by molar-refractivity contribution is -0.139. The van der Waals surface area contributed by atoms with Crippen LogP contribution in [0.4, 0.5) is 11.4 Å². The third-order valence-electron chi connectivity index (χ3n) is 6.13. The summed E-state index contributed by atoms with van der Waals surface area (Å²) >= 11 is 0. The van der Waals surface area contributed by atoms with Gasteiger partial charge in [0.1, 0.15) is 5.75 Å². The molecule has 1 aliphatic carbocycles. The Labute approximate surface area is 202 Å². The van der Waals surface area contributed by atoms with E-state index in [1.165, 1.54) is 11.2 Å². The number of fused-ring (bicyclic) bond motifs is 1. The Bertz CT molecular complexity index is 1300. The molecule has 5 rings (SSSR count). The largest absolute Gasteiger partial charge is 0.439 e. The Morgan fingerprint density at radius 2 is 1.80 bits per heavy atom. The molecule has 2 atom stereocenters. The minimum Gasteiger partial charge on any atom is -0.439 e. The summed E-state index contributed by atoms with van der Waals surface area (Å²) in [7, 11) is 0. The number of rotatable bonds is 5. The number of allylic oxidation sites excluding steroid dienone is 2. The fraction of sp³-hybridized carbons (Fsp3) is 0.185. The molecule has 1 saturated heterocycles. The number of anilines is 2. The molecule has 2 heterocycles. The van der Waals surface area contributed by atoms with E-state index in [9.17, 15) is 14.4 Å².